The Bertz CT molecular complexity index is 737. The van der Waals surface area contributed by atoms with Crippen LogP contribution in [0.3, 0.4) is 0 Å². The smallest absolute Gasteiger partial charge is 0.384 e. The fourth-order valence-corrected chi connectivity index (χ4v) is 8.53. The van der Waals surface area contributed by atoms with Gasteiger partial charge < -0.3 is 9.47 Å². The molecule has 1 spiro atoms. The Morgan fingerprint density at radius 3 is 2.43 bits per heavy atom. The van der Waals surface area contributed by atoms with Crippen LogP contribution >= 0.6 is 0 Å². The molecule has 28 heavy (non-hydrogen) atoms. The van der Waals surface area contributed by atoms with E-state index in [9.17, 15) is 9.59 Å². The van der Waals surface area contributed by atoms with Crippen LogP contribution in [0.25, 0.3) is 0 Å². The van der Waals surface area contributed by atoms with Crippen molar-refractivity contribution in [2.45, 2.75) is 84.7 Å². The molecule has 0 N–H and O–H groups in total. The van der Waals surface area contributed by atoms with Gasteiger partial charge in [-0.05, 0) is 81.0 Å². The highest BCUT2D eigenvalue weighted by Crippen LogP contribution is 2.74. The average Bonchev–Trinajstić information content (AvgIpc) is 2.85. The lowest BCUT2D eigenvalue weighted by Gasteiger charge is -2.64. The van der Waals surface area contributed by atoms with Gasteiger partial charge >= 0.3 is 11.9 Å². The molecule has 7 atom stereocenters. The van der Waals surface area contributed by atoms with Gasteiger partial charge in [0.15, 0.2) is 0 Å². The maximum Gasteiger partial charge on any atom is 0.384 e. The van der Waals surface area contributed by atoms with Crippen LogP contribution in [-0.4, -0.2) is 25.2 Å². The SMILES string of the molecule is C#CC(=O)OC1C[C@]23CCC4[C@@](C)(CCC[C@@]4(C)C(=O)OC)C2CC[C@@]1(C)C3. The number of hydrogen-bond donors (Lipinski definition) is 0. The molecule has 4 heteroatoms. The fraction of sp³-hybridized carbons (Fsp3) is 0.833. The van der Waals surface area contributed by atoms with E-state index in [1.165, 1.54) is 13.5 Å². The lowest BCUT2D eigenvalue weighted by molar-refractivity contribution is -0.185. The maximum atomic E-state index is 12.8. The molecule has 4 saturated carbocycles. The summed E-state index contributed by atoms with van der Waals surface area (Å²) in [6, 6.07) is 0. The third kappa shape index (κ3) is 2.50. The van der Waals surface area contributed by atoms with Gasteiger partial charge in [0.25, 0.3) is 0 Å². The van der Waals surface area contributed by atoms with Gasteiger partial charge in [-0.1, -0.05) is 20.3 Å². The van der Waals surface area contributed by atoms with Crippen LogP contribution in [0.4, 0.5) is 0 Å². The number of carbonyl (C=O) groups is 2. The van der Waals surface area contributed by atoms with Crippen LogP contribution in [0.2, 0.25) is 0 Å². The second-order valence-electron chi connectivity index (χ2n) is 10.9. The molecule has 0 amide bonds. The Labute approximate surface area is 169 Å². The van der Waals surface area contributed by atoms with Crippen molar-refractivity contribution in [1.29, 1.82) is 0 Å². The molecule has 3 unspecified atom stereocenters. The highest BCUT2D eigenvalue weighted by Gasteiger charge is 2.68. The Kier molecular flexibility index (Phi) is 4.42. The van der Waals surface area contributed by atoms with Crippen molar-refractivity contribution < 1.29 is 19.1 Å². The first kappa shape index (κ1) is 19.8. The van der Waals surface area contributed by atoms with Gasteiger partial charge in [0.2, 0.25) is 0 Å². The molecule has 154 valence electrons. The molecule has 0 aromatic carbocycles. The third-order valence-electron chi connectivity index (χ3n) is 9.59. The van der Waals surface area contributed by atoms with Crippen molar-refractivity contribution in [2.24, 2.45) is 33.5 Å². The normalized spacial score (nSPS) is 49.3. The van der Waals surface area contributed by atoms with E-state index in [4.69, 9.17) is 15.9 Å². The van der Waals surface area contributed by atoms with Gasteiger partial charge in [-0.15, -0.1) is 6.42 Å². The molecule has 4 aliphatic rings. The van der Waals surface area contributed by atoms with E-state index in [2.05, 4.69) is 26.7 Å². The van der Waals surface area contributed by atoms with Crippen molar-refractivity contribution in [3.8, 4) is 12.3 Å². The van der Waals surface area contributed by atoms with Gasteiger partial charge in [0, 0.05) is 11.3 Å². The van der Waals surface area contributed by atoms with E-state index in [1.807, 2.05) is 0 Å². The summed E-state index contributed by atoms with van der Waals surface area (Å²) in [5.74, 6) is 2.51. The fourth-order valence-electron chi connectivity index (χ4n) is 8.53. The molecule has 4 fully saturated rings. The highest BCUT2D eigenvalue weighted by atomic mass is 16.5. The first-order chi connectivity index (χ1) is 13.1. The lowest BCUT2D eigenvalue weighted by atomic mass is 9.40. The number of methoxy groups -OCH3 is 1. The van der Waals surface area contributed by atoms with E-state index in [-0.39, 0.29) is 33.7 Å². The predicted molar refractivity (Wildman–Crippen MR) is 106 cm³/mol. The van der Waals surface area contributed by atoms with Crippen molar-refractivity contribution >= 4 is 11.9 Å². The summed E-state index contributed by atoms with van der Waals surface area (Å²) < 4.78 is 11.0. The van der Waals surface area contributed by atoms with E-state index in [0.29, 0.717) is 11.8 Å². The Hall–Kier alpha value is -1.50. The zero-order valence-corrected chi connectivity index (χ0v) is 17.8. The Morgan fingerprint density at radius 1 is 1.04 bits per heavy atom. The summed E-state index contributed by atoms with van der Waals surface area (Å²) in [7, 11) is 1.53. The number of carbonyl (C=O) groups excluding carboxylic acids is 2. The average molecular weight is 387 g/mol. The van der Waals surface area contributed by atoms with Gasteiger partial charge in [0.1, 0.15) is 6.10 Å². The van der Waals surface area contributed by atoms with Gasteiger partial charge in [0.05, 0.1) is 12.5 Å². The number of terminal acetylenes is 1. The second kappa shape index (κ2) is 6.25. The standard InChI is InChI=1S/C24H34O4/c1-6-19(25)28-18-14-24-13-9-16-22(3,17(24)8-12-21(18,2)15-24)10-7-11-23(16,4)20(26)27-5/h1,16-18H,7-15H2,2-5H3/t16?,17?,18?,21-,22+,23+,24-/m0/s1. The summed E-state index contributed by atoms with van der Waals surface area (Å²) >= 11 is 0. The molecule has 0 saturated heterocycles. The van der Waals surface area contributed by atoms with E-state index >= 15 is 0 Å². The molecule has 4 aliphatic carbocycles. The minimum atomic E-state index is -0.525. The lowest BCUT2D eigenvalue weighted by Crippen LogP contribution is -2.58. The van der Waals surface area contributed by atoms with Crippen molar-refractivity contribution in [3.63, 3.8) is 0 Å². The molecular formula is C24H34O4. The van der Waals surface area contributed by atoms with Gasteiger partial charge in [-0.25, -0.2) is 4.79 Å². The van der Waals surface area contributed by atoms with Crippen LogP contribution < -0.4 is 0 Å². The quantitative estimate of drug-likeness (QED) is 0.398. The Balaban J connectivity index is 1.67. The molecule has 0 aromatic rings. The first-order valence-corrected chi connectivity index (χ1v) is 10.9. The van der Waals surface area contributed by atoms with Crippen LogP contribution in [0, 0.1) is 45.8 Å². The molecule has 2 bridgehead atoms. The highest BCUT2D eigenvalue weighted by molar-refractivity contribution is 5.87. The summed E-state index contributed by atoms with van der Waals surface area (Å²) in [4.78, 5) is 24.6. The molecule has 0 heterocycles. The predicted octanol–water partition coefficient (Wildman–Crippen LogP) is 4.51. The number of esters is 2. The number of ether oxygens (including phenoxy) is 2. The Morgan fingerprint density at radius 2 is 1.75 bits per heavy atom. The topological polar surface area (TPSA) is 52.6 Å². The third-order valence-corrected chi connectivity index (χ3v) is 9.59. The van der Waals surface area contributed by atoms with Gasteiger partial charge in [-0.3, -0.25) is 4.79 Å². The van der Waals surface area contributed by atoms with Crippen molar-refractivity contribution in [1.82, 2.24) is 0 Å². The monoisotopic (exact) mass is 386 g/mol. The summed E-state index contributed by atoms with van der Waals surface area (Å²) in [6.07, 6.45) is 14.8. The molecule has 0 aromatic heterocycles. The number of rotatable bonds is 2. The first-order valence-electron chi connectivity index (χ1n) is 10.9. The zero-order chi connectivity index (χ0) is 20.4. The van der Waals surface area contributed by atoms with Crippen LogP contribution in [0.15, 0.2) is 0 Å². The summed E-state index contributed by atoms with van der Waals surface area (Å²) in [5.41, 5.74) is 0.0164. The maximum absolute atomic E-state index is 12.8. The molecule has 4 rings (SSSR count). The second-order valence-corrected chi connectivity index (χ2v) is 10.9. The molecule has 0 aliphatic heterocycles. The zero-order valence-electron chi connectivity index (χ0n) is 17.8. The van der Waals surface area contributed by atoms with Crippen LogP contribution in [-0.2, 0) is 19.1 Å². The van der Waals surface area contributed by atoms with Crippen LogP contribution in [0.1, 0.15) is 78.6 Å². The minimum Gasteiger partial charge on any atom is -0.469 e. The minimum absolute atomic E-state index is 0.0343. The summed E-state index contributed by atoms with van der Waals surface area (Å²) in [6.45, 7) is 6.85. The largest absolute Gasteiger partial charge is 0.469 e. The van der Waals surface area contributed by atoms with Crippen molar-refractivity contribution in [2.75, 3.05) is 7.11 Å². The van der Waals surface area contributed by atoms with E-state index in [0.717, 1.165) is 51.4 Å². The summed E-state index contributed by atoms with van der Waals surface area (Å²) in [5, 5.41) is 0. The molecular weight excluding hydrogens is 352 g/mol. The molecule has 4 nitrogen and oxygen atoms in total. The molecule has 0 radical (unpaired) electrons. The van der Waals surface area contributed by atoms with Crippen LogP contribution in [0.5, 0.6) is 0 Å². The van der Waals surface area contributed by atoms with E-state index < -0.39 is 5.97 Å². The van der Waals surface area contributed by atoms with Crippen molar-refractivity contribution in [3.05, 3.63) is 0 Å². The van der Waals surface area contributed by atoms with Gasteiger partial charge in [-0.2, -0.15) is 0 Å². The number of hydrogen-bond acceptors (Lipinski definition) is 4. The number of fused-ring (bicyclic) bond motifs is 3. The van der Waals surface area contributed by atoms with E-state index in [1.54, 1.807) is 0 Å².